The molecule has 0 saturated carbocycles. The van der Waals surface area contributed by atoms with Crippen molar-refractivity contribution in [1.82, 2.24) is 29.7 Å². The van der Waals surface area contributed by atoms with E-state index in [1.165, 1.54) is 0 Å². The summed E-state index contributed by atoms with van der Waals surface area (Å²) in [5, 5.41) is 6.47. The Hall–Kier alpha value is -3.78. The third-order valence-electron chi connectivity index (χ3n) is 5.13. The minimum atomic E-state index is 0.0632. The topological polar surface area (TPSA) is 88.0 Å². The average Bonchev–Trinajstić information content (AvgIpc) is 3.24. The number of nitrogens with one attached hydrogen (secondary N) is 2. The Labute approximate surface area is 173 Å². The predicted octanol–water partition coefficient (Wildman–Crippen LogP) is 2.60. The van der Waals surface area contributed by atoms with Gasteiger partial charge in [-0.15, -0.1) is 0 Å². The highest BCUT2D eigenvalue weighted by Gasteiger charge is 2.17. The largest absolute Gasteiger partial charge is 0.336 e. The molecule has 0 atom stereocenters. The van der Waals surface area contributed by atoms with Crippen molar-refractivity contribution in [2.45, 2.75) is 0 Å². The fourth-order valence-corrected chi connectivity index (χ4v) is 3.56. The normalized spacial score (nSPS) is 14.1. The molecular weight excluding hydrogens is 378 g/mol. The minimum absolute atomic E-state index is 0.0632. The van der Waals surface area contributed by atoms with Crippen LogP contribution in [0.5, 0.6) is 0 Å². The fraction of sp³-hybridized carbons (Fsp3) is 0.182. The molecule has 0 radical (unpaired) electrons. The first-order valence-electron chi connectivity index (χ1n) is 9.90. The quantitative estimate of drug-likeness (QED) is 0.549. The van der Waals surface area contributed by atoms with Gasteiger partial charge in [0.15, 0.2) is 0 Å². The molecule has 1 saturated heterocycles. The molecule has 1 aliphatic heterocycles. The van der Waals surface area contributed by atoms with Crippen molar-refractivity contribution in [3.8, 4) is 5.82 Å². The predicted molar refractivity (Wildman–Crippen MR) is 115 cm³/mol. The summed E-state index contributed by atoms with van der Waals surface area (Å²) in [5.41, 5.74) is 3.40. The SMILES string of the molecule is O=C(c1ccc(Nc2nccc(-n3cnc4ccccc43)n2)cc1)N1CCNCC1. The first kappa shape index (κ1) is 18.3. The summed E-state index contributed by atoms with van der Waals surface area (Å²) in [6, 6.07) is 17.2. The van der Waals surface area contributed by atoms with Crippen molar-refractivity contribution in [1.29, 1.82) is 0 Å². The van der Waals surface area contributed by atoms with Crippen molar-refractivity contribution >= 4 is 28.6 Å². The highest BCUT2D eigenvalue weighted by Crippen LogP contribution is 2.19. The van der Waals surface area contributed by atoms with Crippen LogP contribution in [0.1, 0.15) is 10.4 Å². The summed E-state index contributed by atoms with van der Waals surface area (Å²) in [7, 11) is 0. The van der Waals surface area contributed by atoms with Gasteiger partial charge in [0, 0.05) is 43.6 Å². The van der Waals surface area contributed by atoms with E-state index >= 15 is 0 Å². The lowest BCUT2D eigenvalue weighted by atomic mass is 10.1. The molecule has 5 rings (SSSR count). The molecule has 150 valence electrons. The minimum Gasteiger partial charge on any atom is -0.336 e. The van der Waals surface area contributed by atoms with Crippen molar-refractivity contribution in [2.24, 2.45) is 0 Å². The van der Waals surface area contributed by atoms with Gasteiger partial charge in [0.2, 0.25) is 5.95 Å². The number of carbonyl (C=O) groups excluding carboxylic acids is 1. The second-order valence-electron chi connectivity index (χ2n) is 7.09. The van der Waals surface area contributed by atoms with Crippen LogP contribution in [0.2, 0.25) is 0 Å². The van der Waals surface area contributed by atoms with E-state index in [4.69, 9.17) is 0 Å². The van der Waals surface area contributed by atoms with Crippen LogP contribution >= 0.6 is 0 Å². The molecule has 0 spiro atoms. The van der Waals surface area contributed by atoms with E-state index < -0.39 is 0 Å². The molecule has 1 amide bonds. The number of benzene rings is 2. The zero-order valence-electron chi connectivity index (χ0n) is 16.3. The molecule has 2 aromatic heterocycles. The van der Waals surface area contributed by atoms with Crippen LogP contribution in [-0.4, -0.2) is 56.5 Å². The highest BCUT2D eigenvalue weighted by atomic mass is 16.2. The third kappa shape index (κ3) is 3.60. The van der Waals surface area contributed by atoms with Crippen molar-refractivity contribution in [3.63, 3.8) is 0 Å². The van der Waals surface area contributed by atoms with Crippen molar-refractivity contribution in [2.75, 3.05) is 31.5 Å². The maximum Gasteiger partial charge on any atom is 0.253 e. The standard InChI is InChI=1S/C22H21N7O/c30-21(28-13-11-23-12-14-28)16-5-7-17(8-6-16)26-22-24-10-9-20(27-22)29-15-25-18-3-1-2-4-19(18)29/h1-10,15,23H,11-14H2,(H,24,26,27). The third-order valence-corrected chi connectivity index (χ3v) is 5.13. The zero-order valence-corrected chi connectivity index (χ0v) is 16.3. The lowest BCUT2D eigenvalue weighted by Crippen LogP contribution is -2.46. The zero-order chi connectivity index (χ0) is 20.3. The molecule has 2 N–H and O–H groups in total. The Bertz CT molecular complexity index is 1180. The molecule has 0 aliphatic carbocycles. The number of aromatic nitrogens is 4. The number of hydrogen-bond donors (Lipinski definition) is 2. The highest BCUT2D eigenvalue weighted by molar-refractivity contribution is 5.94. The number of carbonyl (C=O) groups is 1. The summed E-state index contributed by atoms with van der Waals surface area (Å²) in [5.74, 6) is 1.27. The number of rotatable bonds is 4. The van der Waals surface area contributed by atoms with Gasteiger partial charge in [0.05, 0.1) is 11.0 Å². The van der Waals surface area contributed by atoms with Gasteiger partial charge in [0.25, 0.3) is 5.91 Å². The van der Waals surface area contributed by atoms with Gasteiger partial charge in [-0.05, 0) is 42.5 Å². The van der Waals surface area contributed by atoms with Crippen LogP contribution < -0.4 is 10.6 Å². The average molecular weight is 399 g/mol. The maximum atomic E-state index is 12.6. The van der Waals surface area contributed by atoms with Crippen LogP contribution in [0.4, 0.5) is 11.6 Å². The van der Waals surface area contributed by atoms with Gasteiger partial charge in [-0.25, -0.2) is 9.97 Å². The number of para-hydroxylation sites is 2. The molecule has 1 fully saturated rings. The summed E-state index contributed by atoms with van der Waals surface area (Å²) in [4.78, 5) is 27.8. The summed E-state index contributed by atoms with van der Waals surface area (Å²) < 4.78 is 1.93. The second-order valence-corrected chi connectivity index (χ2v) is 7.09. The lowest BCUT2D eigenvalue weighted by Gasteiger charge is -2.27. The van der Waals surface area contributed by atoms with Crippen LogP contribution in [0.25, 0.3) is 16.9 Å². The number of hydrogen-bond acceptors (Lipinski definition) is 6. The molecular formula is C22H21N7O. The number of fused-ring (bicyclic) bond motifs is 1. The van der Waals surface area contributed by atoms with Crippen molar-refractivity contribution < 1.29 is 4.79 Å². The van der Waals surface area contributed by atoms with E-state index in [0.29, 0.717) is 11.5 Å². The Morgan fingerprint density at radius 3 is 2.60 bits per heavy atom. The monoisotopic (exact) mass is 399 g/mol. The Kier molecular flexibility index (Phi) is 4.82. The number of anilines is 2. The number of piperazine rings is 1. The van der Waals surface area contributed by atoms with Gasteiger partial charge >= 0.3 is 0 Å². The van der Waals surface area contributed by atoms with Crippen LogP contribution in [0.3, 0.4) is 0 Å². The molecule has 1 aliphatic rings. The van der Waals surface area contributed by atoms with Gasteiger partial charge < -0.3 is 15.5 Å². The molecule has 30 heavy (non-hydrogen) atoms. The van der Waals surface area contributed by atoms with Crippen LogP contribution in [-0.2, 0) is 0 Å². The van der Waals surface area contributed by atoms with Crippen LogP contribution in [0.15, 0.2) is 67.1 Å². The van der Waals surface area contributed by atoms with Gasteiger partial charge in [-0.1, -0.05) is 12.1 Å². The summed E-state index contributed by atoms with van der Waals surface area (Å²) in [6.07, 6.45) is 3.47. The summed E-state index contributed by atoms with van der Waals surface area (Å²) >= 11 is 0. The first-order chi connectivity index (χ1) is 14.8. The number of nitrogens with zero attached hydrogens (tertiary/aromatic N) is 5. The Morgan fingerprint density at radius 2 is 1.77 bits per heavy atom. The summed E-state index contributed by atoms with van der Waals surface area (Å²) in [6.45, 7) is 3.15. The van der Waals surface area contributed by atoms with E-state index in [-0.39, 0.29) is 5.91 Å². The van der Waals surface area contributed by atoms with Gasteiger partial charge in [-0.3, -0.25) is 9.36 Å². The Balaban J connectivity index is 1.34. The number of amides is 1. The van der Waals surface area contributed by atoms with Crippen molar-refractivity contribution in [3.05, 3.63) is 72.7 Å². The van der Waals surface area contributed by atoms with E-state index in [9.17, 15) is 4.79 Å². The van der Waals surface area contributed by atoms with Gasteiger partial charge in [0.1, 0.15) is 12.1 Å². The number of imidazole rings is 1. The van der Waals surface area contributed by atoms with E-state index in [0.717, 1.165) is 48.7 Å². The van der Waals surface area contributed by atoms with E-state index in [2.05, 4.69) is 25.6 Å². The van der Waals surface area contributed by atoms with E-state index in [1.54, 1.807) is 12.5 Å². The first-order valence-corrected chi connectivity index (χ1v) is 9.90. The smallest absolute Gasteiger partial charge is 0.253 e. The fourth-order valence-electron chi connectivity index (χ4n) is 3.56. The lowest BCUT2D eigenvalue weighted by molar-refractivity contribution is 0.0736. The van der Waals surface area contributed by atoms with Crippen LogP contribution in [0, 0.1) is 0 Å². The second kappa shape index (κ2) is 7.92. The molecule has 4 aromatic rings. The Morgan fingerprint density at radius 1 is 0.967 bits per heavy atom. The molecule has 3 heterocycles. The molecule has 0 unspecified atom stereocenters. The molecule has 8 nitrogen and oxygen atoms in total. The molecule has 2 aromatic carbocycles. The van der Waals surface area contributed by atoms with Gasteiger partial charge in [-0.2, -0.15) is 4.98 Å². The van der Waals surface area contributed by atoms with E-state index in [1.807, 2.05) is 64.1 Å². The molecule has 8 heteroatoms. The molecule has 0 bridgehead atoms. The maximum absolute atomic E-state index is 12.6.